The maximum absolute atomic E-state index is 13.5. The Labute approximate surface area is 177 Å². The number of piperidine rings is 1. The van der Waals surface area contributed by atoms with E-state index in [-0.39, 0.29) is 24.2 Å². The number of amides is 2. The Morgan fingerprint density at radius 1 is 0.967 bits per heavy atom. The number of carbonyl (C=O) groups excluding carboxylic acids is 2. The van der Waals surface area contributed by atoms with Crippen LogP contribution in [0.1, 0.15) is 42.0 Å². The van der Waals surface area contributed by atoms with E-state index in [2.05, 4.69) is 11.8 Å². The second-order valence-electron chi connectivity index (χ2n) is 8.53. The average molecular weight is 407 g/mol. The van der Waals surface area contributed by atoms with Gasteiger partial charge in [0.05, 0.1) is 12.1 Å². The largest absolute Gasteiger partial charge is 0.366 e. The lowest BCUT2D eigenvalue weighted by Gasteiger charge is -2.32. The highest BCUT2D eigenvalue weighted by atomic mass is 19.1. The molecule has 1 fully saturated rings. The summed E-state index contributed by atoms with van der Waals surface area (Å²) in [6.45, 7) is 7.90. The molecule has 0 radical (unpaired) electrons. The molecule has 0 atom stereocenters. The van der Waals surface area contributed by atoms with Crippen LogP contribution in [0.2, 0.25) is 0 Å². The van der Waals surface area contributed by atoms with E-state index in [9.17, 15) is 14.0 Å². The summed E-state index contributed by atoms with van der Waals surface area (Å²) in [6.07, 6.45) is 2.01. The van der Waals surface area contributed by atoms with Crippen LogP contribution in [0.25, 0.3) is 5.57 Å². The first-order valence-electron chi connectivity index (χ1n) is 10.5. The van der Waals surface area contributed by atoms with Gasteiger partial charge in [0.15, 0.2) is 0 Å². The van der Waals surface area contributed by atoms with Crippen molar-refractivity contribution in [3.8, 4) is 0 Å². The van der Waals surface area contributed by atoms with Crippen LogP contribution in [-0.2, 0) is 16.1 Å². The van der Waals surface area contributed by atoms with Crippen LogP contribution in [0, 0.1) is 25.6 Å². The zero-order chi connectivity index (χ0) is 21.4. The predicted molar refractivity (Wildman–Crippen MR) is 115 cm³/mol. The summed E-state index contributed by atoms with van der Waals surface area (Å²) < 4.78 is 13.3. The molecule has 5 heteroatoms. The smallest absolute Gasteiger partial charge is 0.278 e. The molecule has 0 bridgehead atoms. The monoisotopic (exact) mass is 406 g/mol. The molecule has 0 saturated carbocycles. The quantitative estimate of drug-likeness (QED) is 0.704. The van der Waals surface area contributed by atoms with E-state index in [1.54, 1.807) is 12.1 Å². The van der Waals surface area contributed by atoms with Gasteiger partial charge in [-0.3, -0.25) is 14.5 Å². The van der Waals surface area contributed by atoms with E-state index >= 15 is 0 Å². The highest BCUT2D eigenvalue weighted by molar-refractivity contribution is 6.35. The van der Waals surface area contributed by atoms with Gasteiger partial charge in [0.25, 0.3) is 11.8 Å². The van der Waals surface area contributed by atoms with Gasteiger partial charge in [-0.2, -0.15) is 0 Å². The van der Waals surface area contributed by atoms with Crippen molar-refractivity contribution in [1.29, 1.82) is 0 Å². The Bertz CT molecular complexity index is 1020. The summed E-state index contributed by atoms with van der Waals surface area (Å²) in [5.41, 5.74) is 4.65. The zero-order valence-corrected chi connectivity index (χ0v) is 17.7. The van der Waals surface area contributed by atoms with Gasteiger partial charge in [0.2, 0.25) is 0 Å². The van der Waals surface area contributed by atoms with Gasteiger partial charge in [-0.25, -0.2) is 4.39 Å². The number of halogens is 1. The topological polar surface area (TPSA) is 40.6 Å². The molecule has 2 aromatic rings. The van der Waals surface area contributed by atoms with Gasteiger partial charge >= 0.3 is 0 Å². The van der Waals surface area contributed by atoms with Crippen molar-refractivity contribution in [2.24, 2.45) is 5.92 Å². The Hall–Kier alpha value is -2.95. The summed E-state index contributed by atoms with van der Waals surface area (Å²) in [5, 5.41) is 0. The minimum atomic E-state index is -0.338. The van der Waals surface area contributed by atoms with Crippen molar-refractivity contribution >= 4 is 17.4 Å². The number of rotatable bonds is 4. The van der Waals surface area contributed by atoms with Crippen molar-refractivity contribution in [2.75, 3.05) is 13.1 Å². The molecule has 4 rings (SSSR count). The SMILES string of the molecule is Cc1ccc(C2=C(N3CCC(C)CC3)C(=O)N(Cc3ccc(F)cc3)C2=O)c(C)c1. The van der Waals surface area contributed by atoms with Crippen LogP contribution in [0.3, 0.4) is 0 Å². The van der Waals surface area contributed by atoms with Gasteiger partial charge in [-0.15, -0.1) is 0 Å². The molecular formula is C25H27FN2O2. The number of nitrogens with zero attached hydrogens (tertiary/aromatic N) is 2. The van der Waals surface area contributed by atoms with E-state index in [0.717, 1.165) is 48.2 Å². The van der Waals surface area contributed by atoms with E-state index in [1.165, 1.54) is 17.0 Å². The molecule has 2 amide bonds. The van der Waals surface area contributed by atoms with E-state index < -0.39 is 0 Å². The Morgan fingerprint density at radius 3 is 2.27 bits per heavy atom. The summed E-state index contributed by atoms with van der Waals surface area (Å²) in [7, 11) is 0. The molecule has 0 unspecified atom stereocenters. The molecule has 4 nitrogen and oxygen atoms in total. The summed E-state index contributed by atoms with van der Waals surface area (Å²) in [5.74, 6) is -0.247. The molecule has 2 aliphatic rings. The molecular weight excluding hydrogens is 379 g/mol. The summed E-state index contributed by atoms with van der Waals surface area (Å²) in [4.78, 5) is 30.3. The van der Waals surface area contributed by atoms with Crippen LogP contribution in [0.5, 0.6) is 0 Å². The van der Waals surface area contributed by atoms with Gasteiger partial charge < -0.3 is 4.90 Å². The highest BCUT2D eigenvalue weighted by Crippen LogP contribution is 2.36. The fourth-order valence-electron chi connectivity index (χ4n) is 4.34. The minimum absolute atomic E-state index is 0.139. The van der Waals surface area contributed by atoms with Crippen LogP contribution in [-0.4, -0.2) is 34.7 Å². The predicted octanol–water partition coefficient (Wildman–Crippen LogP) is 4.45. The lowest BCUT2D eigenvalue weighted by atomic mass is 9.95. The molecule has 0 aromatic heterocycles. The Balaban J connectivity index is 1.75. The van der Waals surface area contributed by atoms with Crippen LogP contribution in [0.15, 0.2) is 48.2 Å². The normalized spacial score (nSPS) is 18.0. The van der Waals surface area contributed by atoms with Gasteiger partial charge in [0, 0.05) is 13.1 Å². The van der Waals surface area contributed by atoms with Gasteiger partial charge in [-0.05, 0) is 61.4 Å². The third-order valence-electron chi connectivity index (χ3n) is 6.15. The Morgan fingerprint density at radius 2 is 1.63 bits per heavy atom. The van der Waals surface area contributed by atoms with Crippen molar-refractivity contribution < 1.29 is 14.0 Å². The third-order valence-corrected chi connectivity index (χ3v) is 6.15. The second-order valence-corrected chi connectivity index (χ2v) is 8.53. The fraction of sp³-hybridized carbons (Fsp3) is 0.360. The molecule has 0 spiro atoms. The molecule has 0 N–H and O–H groups in total. The molecule has 1 saturated heterocycles. The first kappa shape index (κ1) is 20.3. The lowest BCUT2D eigenvalue weighted by Crippen LogP contribution is -2.38. The van der Waals surface area contributed by atoms with Crippen molar-refractivity contribution in [1.82, 2.24) is 9.80 Å². The van der Waals surface area contributed by atoms with Crippen molar-refractivity contribution in [3.63, 3.8) is 0 Å². The number of likely N-dealkylation sites (tertiary alicyclic amines) is 1. The second kappa shape index (κ2) is 8.05. The summed E-state index contributed by atoms with van der Waals surface area (Å²) >= 11 is 0. The first-order chi connectivity index (χ1) is 14.3. The van der Waals surface area contributed by atoms with Gasteiger partial charge in [-0.1, -0.05) is 42.8 Å². The number of benzene rings is 2. The minimum Gasteiger partial charge on any atom is -0.366 e. The summed E-state index contributed by atoms with van der Waals surface area (Å²) in [6, 6.07) is 11.9. The van der Waals surface area contributed by atoms with Crippen LogP contribution < -0.4 is 0 Å². The van der Waals surface area contributed by atoms with Crippen molar-refractivity contribution in [2.45, 2.75) is 40.2 Å². The molecule has 0 aliphatic carbocycles. The number of hydrogen-bond acceptors (Lipinski definition) is 3. The fourth-order valence-corrected chi connectivity index (χ4v) is 4.34. The molecule has 2 aliphatic heterocycles. The first-order valence-corrected chi connectivity index (χ1v) is 10.5. The number of imide groups is 1. The standard InChI is InChI=1S/C25H27FN2O2/c1-16-10-12-27(13-11-16)23-22(21-9-4-17(2)14-18(21)3)24(29)28(25(23)30)15-19-5-7-20(26)8-6-19/h4-9,14,16H,10-13,15H2,1-3H3. The third kappa shape index (κ3) is 3.76. The van der Waals surface area contributed by atoms with Crippen LogP contribution >= 0.6 is 0 Å². The van der Waals surface area contributed by atoms with Crippen molar-refractivity contribution in [3.05, 3.63) is 76.2 Å². The Kier molecular flexibility index (Phi) is 5.46. The number of aryl methyl sites for hydroxylation is 2. The zero-order valence-electron chi connectivity index (χ0n) is 17.7. The average Bonchev–Trinajstić information content (AvgIpc) is 2.95. The number of hydrogen-bond donors (Lipinski definition) is 0. The maximum atomic E-state index is 13.5. The van der Waals surface area contributed by atoms with E-state index in [4.69, 9.17) is 0 Å². The van der Waals surface area contributed by atoms with E-state index in [1.807, 2.05) is 32.0 Å². The molecule has 156 valence electrons. The van der Waals surface area contributed by atoms with Crippen LogP contribution in [0.4, 0.5) is 4.39 Å². The maximum Gasteiger partial charge on any atom is 0.278 e. The molecule has 2 aromatic carbocycles. The number of carbonyl (C=O) groups is 2. The lowest BCUT2D eigenvalue weighted by molar-refractivity contribution is -0.138. The van der Waals surface area contributed by atoms with Gasteiger partial charge in [0.1, 0.15) is 11.5 Å². The highest BCUT2D eigenvalue weighted by Gasteiger charge is 2.42. The molecule has 30 heavy (non-hydrogen) atoms. The molecule has 2 heterocycles. The van der Waals surface area contributed by atoms with E-state index in [0.29, 0.717) is 17.2 Å².